The molecule has 0 aliphatic carbocycles. The minimum absolute atomic E-state index is 0.518. The second kappa shape index (κ2) is 3.09. The van der Waals surface area contributed by atoms with Crippen molar-refractivity contribution in [1.82, 2.24) is 4.90 Å². The first-order valence-corrected chi connectivity index (χ1v) is 3.90. The Bertz CT molecular complexity index is 240. The van der Waals surface area contributed by atoms with Crippen molar-refractivity contribution in [3.05, 3.63) is 24.2 Å². The Kier molecular flexibility index (Phi) is 2.35. The fraction of sp³-hybridized carbons (Fsp3) is 0.375. The number of allylic oxidation sites excluding steroid dienone is 2. The normalized spacial score (nSPS) is 18.1. The van der Waals surface area contributed by atoms with Crippen molar-refractivity contribution in [3.8, 4) is 0 Å². The standard InChI is InChI=1S/C8H11ClN2/c1-4-7-5-8(9)10-6(2)11(7)3/h5H,2,4H2,1,3H3. The van der Waals surface area contributed by atoms with Crippen molar-refractivity contribution in [1.29, 1.82) is 0 Å². The zero-order valence-electron chi connectivity index (χ0n) is 6.76. The minimum atomic E-state index is 0.518. The lowest BCUT2D eigenvalue weighted by atomic mass is 10.2. The van der Waals surface area contributed by atoms with E-state index in [9.17, 15) is 0 Å². The molecule has 0 N–H and O–H groups in total. The van der Waals surface area contributed by atoms with Crippen LogP contribution < -0.4 is 0 Å². The number of aliphatic imine (C=N–C) groups is 1. The van der Waals surface area contributed by atoms with Crippen LogP contribution in [0, 0.1) is 0 Å². The lowest BCUT2D eigenvalue weighted by Crippen LogP contribution is -2.19. The molecule has 0 unspecified atom stereocenters. The molecule has 1 rings (SSSR count). The molecule has 0 aromatic heterocycles. The predicted molar refractivity (Wildman–Crippen MR) is 48.6 cm³/mol. The second-order valence-electron chi connectivity index (χ2n) is 2.40. The van der Waals surface area contributed by atoms with Crippen molar-refractivity contribution >= 4 is 16.8 Å². The topological polar surface area (TPSA) is 15.6 Å². The van der Waals surface area contributed by atoms with Crippen LogP contribution in [0.2, 0.25) is 0 Å². The maximum absolute atomic E-state index is 5.74. The summed E-state index contributed by atoms with van der Waals surface area (Å²) < 4.78 is 0. The minimum Gasteiger partial charge on any atom is -0.334 e. The van der Waals surface area contributed by atoms with Gasteiger partial charge in [0.05, 0.1) is 0 Å². The van der Waals surface area contributed by atoms with Gasteiger partial charge in [-0.1, -0.05) is 25.1 Å². The molecule has 60 valence electrons. The van der Waals surface area contributed by atoms with E-state index in [0.29, 0.717) is 11.0 Å². The first-order chi connectivity index (χ1) is 5.15. The van der Waals surface area contributed by atoms with E-state index in [1.807, 2.05) is 18.0 Å². The van der Waals surface area contributed by atoms with E-state index in [4.69, 9.17) is 11.6 Å². The Hall–Kier alpha value is -0.760. The van der Waals surface area contributed by atoms with Crippen LogP contribution in [0.4, 0.5) is 0 Å². The molecule has 3 heteroatoms. The van der Waals surface area contributed by atoms with E-state index in [2.05, 4.69) is 18.5 Å². The van der Waals surface area contributed by atoms with Gasteiger partial charge in [0.25, 0.3) is 0 Å². The molecule has 1 aliphatic rings. The van der Waals surface area contributed by atoms with Gasteiger partial charge < -0.3 is 4.90 Å². The molecule has 0 bridgehead atoms. The summed E-state index contributed by atoms with van der Waals surface area (Å²) in [5.74, 6) is 0.703. The summed E-state index contributed by atoms with van der Waals surface area (Å²) in [6, 6.07) is 0. The Morgan fingerprint density at radius 3 is 2.91 bits per heavy atom. The molecule has 0 amide bonds. The Morgan fingerprint density at radius 2 is 2.36 bits per heavy atom. The average molecular weight is 171 g/mol. The van der Waals surface area contributed by atoms with Crippen molar-refractivity contribution in [3.63, 3.8) is 0 Å². The second-order valence-corrected chi connectivity index (χ2v) is 2.79. The van der Waals surface area contributed by atoms with Crippen LogP contribution in [0.15, 0.2) is 29.2 Å². The number of hydrogen-bond acceptors (Lipinski definition) is 2. The Labute approximate surface area is 71.9 Å². The van der Waals surface area contributed by atoms with Gasteiger partial charge in [-0.2, -0.15) is 0 Å². The van der Waals surface area contributed by atoms with Gasteiger partial charge in [-0.05, 0) is 12.5 Å². The molecule has 0 saturated carbocycles. The average Bonchev–Trinajstić information content (AvgIpc) is 1.96. The number of rotatable bonds is 1. The Balaban J connectivity index is 2.93. The van der Waals surface area contributed by atoms with Gasteiger partial charge in [0, 0.05) is 12.7 Å². The zero-order chi connectivity index (χ0) is 8.43. The lowest BCUT2D eigenvalue weighted by molar-refractivity contribution is 0.494. The Morgan fingerprint density at radius 1 is 1.73 bits per heavy atom. The molecule has 2 nitrogen and oxygen atoms in total. The lowest BCUT2D eigenvalue weighted by Gasteiger charge is -2.24. The van der Waals surface area contributed by atoms with Crippen LogP contribution in [0.25, 0.3) is 0 Å². The van der Waals surface area contributed by atoms with Crippen LogP contribution in [-0.2, 0) is 0 Å². The van der Waals surface area contributed by atoms with Gasteiger partial charge in [-0.3, -0.25) is 0 Å². The predicted octanol–water partition coefficient (Wildman–Crippen LogP) is 2.33. The molecule has 0 aromatic carbocycles. The summed E-state index contributed by atoms with van der Waals surface area (Å²) in [4.78, 5) is 5.94. The fourth-order valence-corrected chi connectivity index (χ4v) is 1.19. The van der Waals surface area contributed by atoms with Gasteiger partial charge in [0.2, 0.25) is 0 Å². The molecule has 1 aliphatic heterocycles. The summed E-state index contributed by atoms with van der Waals surface area (Å²) in [7, 11) is 1.94. The first-order valence-electron chi connectivity index (χ1n) is 3.52. The van der Waals surface area contributed by atoms with Crippen LogP contribution >= 0.6 is 11.6 Å². The van der Waals surface area contributed by atoms with E-state index < -0.39 is 0 Å². The number of hydrogen-bond donors (Lipinski definition) is 0. The van der Waals surface area contributed by atoms with E-state index >= 15 is 0 Å². The van der Waals surface area contributed by atoms with Crippen LogP contribution in [0.5, 0.6) is 0 Å². The van der Waals surface area contributed by atoms with E-state index in [1.54, 1.807) is 0 Å². The molecular weight excluding hydrogens is 160 g/mol. The monoisotopic (exact) mass is 170 g/mol. The SMILES string of the molecule is C=C1N=C(Cl)C=C(CC)N1C. The summed E-state index contributed by atoms with van der Waals surface area (Å²) in [6.45, 7) is 5.83. The molecule has 0 atom stereocenters. The molecular formula is C8H11ClN2. The van der Waals surface area contributed by atoms with Gasteiger partial charge in [0.15, 0.2) is 0 Å². The third-order valence-corrected chi connectivity index (χ3v) is 1.90. The highest BCUT2D eigenvalue weighted by molar-refractivity contribution is 6.68. The number of nitrogens with zero attached hydrogens (tertiary/aromatic N) is 2. The maximum atomic E-state index is 5.74. The molecule has 0 fully saturated rings. The van der Waals surface area contributed by atoms with Crippen LogP contribution in [0.3, 0.4) is 0 Å². The van der Waals surface area contributed by atoms with E-state index in [1.165, 1.54) is 0 Å². The summed E-state index contributed by atoms with van der Waals surface area (Å²) in [6.07, 6.45) is 2.80. The molecule has 0 radical (unpaired) electrons. The van der Waals surface area contributed by atoms with E-state index in [0.717, 1.165) is 12.1 Å². The highest BCUT2D eigenvalue weighted by Gasteiger charge is 2.11. The van der Waals surface area contributed by atoms with Gasteiger partial charge >= 0.3 is 0 Å². The third kappa shape index (κ3) is 1.63. The van der Waals surface area contributed by atoms with Crippen LogP contribution in [0.1, 0.15) is 13.3 Å². The summed E-state index contributed by atoms with van der Waals surface area (Å²) in [5, 5.41) is 0.518. The quantitative estimate of drug-likeness (QED) is 0.590. The van der Waals surface area contributed by atoms with Crippen LogP contribution in [-0.4, -0.2) is 17.1 Å². The molecule has 0 saturated heterocycles. The van der Waals surface area contributed by atoms with Crippen molar-refractivity contribution in [2.75, 3.05) is 7.05 Å². The smallest absolute Gasteiger partial charge is 0.133 e. The molecule has 0 aromatic rings. The zero-order valence-corrected chi connectivity index (χ0v) is 7.52. The van der Waals surface area contributed by atoms with Crippen molar-refractivity contribution in [2.45, 2.75) is 13.3 Å². The highest BCUT2D eigenvalue weighted by Crippen LogP contribution is 2.19. The van der Waals surface area contributed by atoms with Gasteiger partial charge in [-0.15, -0.1) is 0 Å². The first kappa shape index (κ1) is 8.34. The number of halogens is 1. The molecule has 0 spiro atoms. The highest BCUT2D eigenvalue weighted by atomic mass is 35.5. The largest absolute Gasteiger partial charge is 0.334 e. The summed E-state index contributed by atoms with van der Waals surface area (Å²) >= 11 is 5.74. The molecule has 11 heavy (non-hydrogen) atoms. The fourth-order valence-electron chi connectivity index (χ4n) is 0.970. The van der Waals surface area contributed by atoms with Gasteiger partial charge in [0.1, 0.15) is 11.0 Å². The van der Waals surface area contributed by atoms with Crippen molar-refractivity contribution in [2.24, 2.45) is 4.99 Å². The summed E-state index contributed by atoms with van der Waals surface area (Å²) in [5.41, 5.74) is 1.15. The maximum Gasteiger partial charge on any atom is 0.133 e. The molecule has 1 heterocycles. The van der Waals surface area contributed by atoms with E-state index in [-0.39, 0.29) is 0 Å². The van der Waals surface area contributed by atoms with Crippen molar-refractivity contribution < 1.29 is 0 Å². The van der Waals surface area contributed by atoms with Gasteiger partial charge in [-0.25, -0.2) is 4.99 Å². The third-order valence-electron chi connectivity index (χ3n) is 1.70.